The first-order valence-corrected chi connectivity index (χ1v) is 7.70. The van der Waals surface area contributed by atoms with Gasteiger partial charge in [-0.3, -0.25) is 0 Å². The molecule has 0 saturated heterocycles. The lowest BCUT2D eigenvalue weighted by molar-refractivity contribution is 0.556. The molecule has 0 radical (unpaired) electrons. The van der Waals surface area contributed by atoms with Crippen molar-refractivity contribution in [2.75, 3.05) is 0 Å². The highest BCUT2D eigenvalue weighted by molar-refractivity contribution is 7.84. The average Bonchev–Trinajstić information content (AvgIpc) is 3.08. The van der Waals surface area contributed by atoms with E-state index >= 15 is 0 Å². The van der Waals surface area contributed by atoms with Crippen molar-refractivity contribution in [3.05, 3.63) is 29.0 Å². The first kappa shape index (κ1) is 14.0. The molecular weight excluding hydrogens is 268 g/mol. The van der Waals surface area contributed by atoms with Gasteiger partial charge in [-0.25, -0.2) is 13.9 Å². The molecular formula is C13H19ClN2OS. The normalized spacial score (nSPS) is 19.6. The Morgan fingerprint density at radius 1 is 1.50 bits per heavy atom. The lowest BCUT2D eigenvalue weighted by atomic mass is 10.1. The van der Waals surface area contributed by atoms with E-state index in [9.17, 15) is 4.21 Å². The molecule has 3 nitrogen and oxygen atoms in total. The van der Waals surface area contributed by atoms with Crippen LogP contribution in [0.5, 0.6) is 0 Å². The van der Waals surface area contributed by atoms with Crippen molar-refractivity contribution in [1.29, 1.82) is 0 Å². The van der Waals surface area contributed by atoms with E-state index in [1.165, 1.54) is 12.8 Å². The number of hydrogen-bond donors (Lipinski definition) is 1. The molecule has 2 rings (SSSR count). The SMILES string of the molecule is CC(C)(C)S(=O)NC(c1ccnc(Cl)c1)C1CC1. The van der Waals surface area contributed by atoms with Crippen LogP contribution in [0.2, 0.25) is 5.15 Å². The maximum absolute atomic E-state index is 12.2. The van der Waals surface area contributed by atoms with Gasteiger partial charge in [0, 0.05) is 12.2 Å². The summed E-state index contributed by atoms with van der Waals surface area (Å²) in [6.07, 6.45) is 4.06. The Hall–Kier alpha value is -0.450. The van der Waals surface area contributed by atoms with Crippen LogP contribution in [-0.2, 0) is 11.0 Å². The summed E-state index contributed by atoms with van der Waals surface area (Å²) >= 11 is 5.93. The van der Waals surface area contributed by atoms with Gasteiger partial charge < -0.3 is 0 Å². The molecule has 1 aromatic heterocycles. The van der Waals surface area contributed by atoms with Crippen LogP contribution in [0.25, 0.3) is 0 Å². The molecule has 1 saturated carbocycles. The summed E-state index contributed by atoms with van der Waals surface area (Å²) in [5, 5.41) is 0.487. The molecule has 0 bridgehead atoms. The quantitative estimate of drug-likeness (QED) is 0.864. The van der Waals surface area contributed by atoms with E-state index in [0.29, 0.717) is 11.1 Å². The van der Waals surface area contributed by atoms with Crippen molar-refractivity contribution in [3.63, 3.8) is 0 Å². The molecule has 1 aromatic rings. The van der Waals surface area contributed by atoms with Gasteiger partial charge in [-0.15, -0.1) is 0 Å². The van der Waals surface area contributed by atoms with E-state index in [1.807, 2.05) is 32.9 Å². The van der Waals surface area contributed by atoms with Crippen LogP contribution in [0, 0.1) is 5.92 Å². The molecule has 0 amide bonds. The van der Waals surface area contributed by atoms with E-state index in [-0.39, 0.29) is 10.8 Å². The smallest absolute Gasteiger partial charge is 0.129 e. The first-order chi connectivity index (χ1) is 8.38. The van der Waals surface area contributed by atoms with Gasteiger partial charge >= 0.3 is 0 Å². The van der Waals surface area contributed by atoms with Gasteiger partial charge in [0.15, 0.2) is 0 Å². The third kappa shape index (κ3) is 3.53. The Morgan fingerprint density at radius 3 is 2.67 bits per heavy atom. The Labute approximate surface area is 116 Å². The number of hydrogen-bond acceptors (Lipinski definition) is 2. The maximum Gasteiger partial charge on any atom is 0.129 e. The number of pyridine rings is 1. The zero-order valence-electron chi connectivity index (χ0n) is 10.9. The third-order valence-corrected chi connectivity index (χ3v) is 4.78. The highest BCUT2D eigenvalue weighted by atomic mass is 35.5. The fourth-order valence-corrected chi connectivity index (χ4v) is 2.86. The molecule has 1 heterocycles. The van der Waals surface area contributed by atoms with Crippen LogP contribution >= 0.6 is 11.6 Å². The number of nitrogens with zero attached hydrogens (tertiary/aromatic N) is 1. The molecule has 2 unspecified atom stereocenters. The van der Waals surface area contributed by atoms with Crippen molar-refractivity contribution in [3.8, 4) is 0 Å². The van der Waals surface area contributed by atoms with Crippen LogP contribution in [0.4, 0.5) is 0 Å². The van der Waals surface area contributed by atoms with Crippen LogP contribution in [0.1, 0.15) is 45.2 Å². The Balaban J connectivity index is 2.17. The van der Waals surface area contributed by atoms with E-state index in [1.54, 1.807) is 6.20 Å². The van der Waals surface area contributed by atoms with Gasteiger partial charge in [-0.1, -0.05) is 11.6 Å². The summed E-state index contributed by atoms with van der Waals surface area (Å²) in [5.74, 6) is 0.565. The monoisotopic (exact) mass is 286 g/mol. The van der Waals surface area contributed by atoms with Gasteiger partial charge in [0.1, 0.15) is 5.15 Å². The van der Waals surface area contributed by atoms with E-state index in [4.69, 9.17) is 11.6 Å². The molecule has 0 spiro atoms. The number of nitrogens with one attached hydrogen (secondary N) is 1. The summed E-state index contributed by atoms with van der Waals surface area (Å²) < 4.78 is 15.2. The van der Waals surface area contributed by atoms with Gasteiger partial charge in [0.25, 0.3) is 0 Å². The summed E-state index contributed by atoms with van der Waals surface area (Å²) in [7, 11) is -1.07. The van der Waals surface area contributed by atoms with Crippen molar-refractivity contribution in [2.24, 2.45) is 5.92 Å². The maximum atomic E-state index is 12.2. The minimum absolute atomic E-state index is 0.116. The standard InChI is InChI=1S/C13H19ClN2OS/c1-13(2,3)18(17)16-12(9-4-5-9)10-6-7-15-11(14)8-10/h6-9,12,16H,4-5H2,1-3H3. The second-order valence-corrected chi connectivity index (χ2v) is 8.11. The van der Waals surface area contributed by atoms with Crippen LogP contribution in [-0.4, -0.2) is 13.9 Å². The second kappa shape index (κ2) is 5.27. The molecule has 1 aliphatic rings. The third-order valence-electron chi connectivity index (χ3n) is 2.99. The van der Waals surface area contributed by atoms with Gasteiger partial charge in [-0.2, -0.15) is 0 Å². The topological polar surface area (TPSA) is 42.0 Å². The van der Waals surface area contributed by atoms with Crippen LogP contribution in [0.3, 0.4) is 0 Å². The zero-order chi connectivity index (χ0) is 13.3. The lowest BCUT2D eigenvalue weighted by Crippen LogP contribution is -2.36. The van der Waals surface area contributed by atoms with Crippen molar-refractivity contribution in [1.82, 2.24) is 9.71 Å². The average molecular weight is 287 g/mol. The molecule has 0 aromatic carbocycles. The van der Waals surface area contributed by atoms with Gasteiger partial charge in [0.05, 0.1) is 15.7 Å². The summed E-state index contributed by atoms with van der Waals surface area (Å²) in [6.45, 7) is 5.92. The Kier molecular flexibility index (Phi) is 4.09. The highest BCUT2D eigenvalue weighted by Crippen LogP contribution is 2.41. The molecule has 1 fully saturated rings. The van der Waals surface area contributed by atoms with Crippen LogP contribution < -0.4 is 4.72 Å². The summed E-state index contributed by atoms with van der Waals surface area (Å²) in [6, 6.07) is 3.92. The van der Waals surface area contributed by atoms with Gasteiger partial charge in [-0.05, 0) is 57.2 Å². The van der Waals surface area contributed by atoms with Gasteiger partial charge in [0.2, 0.25) is 0 Å². The molecule has 1 aliphatic carbocycles. The lowest BCUT2D eigenvalue weighted by Gasteiger charge is -2.24. The van der Waals surface area contributed by atoms with Crippen molar-refractivity contribution in [2.45, 2.75) is 44.4 Å². The molecule has 1 N–H and O–H groups in total. The van der Waals surface area contributed by atoms with E-state index < -0.39 is 11.0 Å². The number of halogens is 1. The summed E-state index contributed by atoms with van der Waals surface area (Å²) in [4.78, 5) is 3.99. The number of aromatic nitrogens is 1. The van der Waals surface area contributed by atoms with E-state index in [0.717, 1.165) is 5.56 Å². The predicted octanol–water partition coefficient (Wildman–Crippen LogP) is 3.24. The van der Waals surface area contributed by atoms with Crippen molar-refractivity contribution >= 4 is 22.6 Å². The summed E-state index contributed by atoms with van der Waals surface area (Å²) in [5.41, 5.74) is 1.08. The Bertz CT molecular complexity index is 455. The fourth-order valence-electron chi connectivity index (χ4n) is 1.77. The Morgan fingerprint density at radius 2 is 2.17 bits per heavy atom. The minimum Gasteiger partial charge on any atom is -0.245 e. The zero-order valence-corrected chi connectivity index (χ0v) is 12.5. The molecule has 5 heteroatoms. The van der Waals surface area contributed by atoms with E-state index in [2.05, 4.69) is 9.71 Å². The van der Waals surface area contributed by atoms with Crippen molar-refractivity contribution < 1.29 is 4.21 Å². The molecule has 100 valence electrons. The first-order valence-electron chi connectivity index (χ1n) is 6.17. The highest BCUT2D eigenvalue weighted by Gasteiger charge is 2.35. The molecule has 2 atom stereocenters. The number of rotatable bonds is 4. The predicted molar refractivity (Wildman–Crippen MR) is 75.7 cm³/mol. The van der Waals surface area contributed by atoms with Crippen LogP contribution in [0.15, 0.2) is 18.3 Å². The molecule has 0 aliphatic heterocycles. The molecule has 18 heavy (non-hydrogen) atoms. The fraction of sp³-hybridized carbons (Fsp3) is 0.615. The minimum atomic E-state index is -1.07. The largest absolute Gasteiger partial charge is 0.245 e. The second-order valence-electron chi connectivity index (χ2n) is 5.73.